The fourth-order valence-corrected chi connectivity index (χ4v) is 6.39. The van der Waals surface area contributed by atoms with Crippen LogP contribution in [0.3, 0.4) is 0 Å². The third kappa shape index (κ3) is 16.8. The van der Waals surface area contributed by atoms with Gasteiger partial charge in [-0.1, -0.05) is 44.2 Å². The van der Waals surface area contributed by atoms with E-state index in [1.807, 2.05) is 0 Å². The molecule has 334 valence electrons. The number of rotatable bonds is 25. The number of aliphatic imine (C=N–C) groups is 1. The van der Waals surface area contributed by atoms with E-state index in [0.29, 0.717) is 12.0 Å². The molecule has 60 heavy (non-hydrogen) atoms. The zero-order valence-electron chi connectivity index (χ0n) is 34.2. The molecule has 0 radical (unpaired) electrons. The Hall–Kier alpha value is -5.87. The molecule has 22 heteroatoms. The van der Waals surface area contributed by atoms with Crippen LogP contribution in [-0.2, 0) is 44.8 Å². The summed E-state index contributed by atoms with van der Waals surface area (Å²) in [5.41, 5.74) is 22.7. The number of nitrogens with zero attached hydrogens (tertiary/aromatic N) is 2. The van der Waals surface area contributed by atoms with Gasteiger partial charge >= 0.3 is 5.97 Å². The summed E-state index contributed by atoms with van der Waals surface area (Å²) in [5.74, 6) is -7.45. The van der Waals surface area contributed by atoms with Gasteiger partial charge in [0.2, 0.25) is 41.4 Å². The first kappa shape index (κ1) is 50.3. The van der Waals surface area contributed by atoms with E-state index in [0.717, 1.165) is 0 Å². The number of aliphatic hydroxyl groups is 2. The zero-order chi connectivity index (χ0) is 45.1. The summed E-state index contributed by atoms with van der Waals surface area (Å²) in [4.78, 5) is 110. The summed E-state index contributed by atoms with van der Waals surface area (Å²) in [5, 5.41) is 41.7. The van der Waals surface area contributed by atoms with E-state index in [1.165, 1.54) is 11.8 Å². The number of hydrogen-bond acceptors (Lipinski definition) is 12. The van der Waals surface area contributed by atoms with Gasteiger partial charge in [-0.05, 0) is 56.9 Å². The monoisotopic (exact) mass is 847 g/mol. The molecule has 8 atom stereocenters. The average molecular weight is 848 g/mol. The number of nitrogens with one attached hydrogen (secondary N) is 5. The molecular weight excluding hydrogens is 786 g/mol. The summed E-state index contributed by atoms with van der Waals surface area (Å²) < 4.78 is 0. The number of carboxylic acids is 1. The molecule has 1 aliphatic rings. The Morgan fingerprint density at radius 1 is 0.817 bits per heavy atom. The second-order valence-corrected chi connectivity index (χ2v) is 15.1. The minimum absolute atomic E-state index is 0.0215. The van der Waals surface area contributed by atoms with E-state index in [-0.39, 0.29) is 69.9 Å². The van der Waals surface area contributed by atoms with Crippen molar-refractivity contribution in [2.45, 2.75) is 121 Å². The Bertz CT molecular complexity index is 1670. The standard InChI is InChI=1S/C38H61N11O11/c1-20(2)17-25(32(54)47-27(19-50)37(59)60)46-35(57)30(21(3)51)48-33(55)26(18-22-9-5-4-6-10-22)45-31(53)24(11-7-15-43-38(41)42)44-34(56)28-12-8-16-49(28)36(58)23(39)13-14-29(40)52/h4-6,9-10,20-21,23-28,30,50-51H,7-8,11-19,39H2,1-3H3,(H2,40,52)(H,44,56)(H,45,53)(H,46,57)(H,47,54)(H,48,55)(H,59,60)(H4,41,42,43)/t21-,23+,24+,25+,26+,27+,28+,30+/m1/s1. The molecule has 1 fully saturated rings. The Labute approximate surface area is 348 Å². The first-order valence-electron chi connectivity index (χ1n) is 19.7. The first-order chi connectivity index (χ1) is 28.2. The second kappa shape index (κ2) is 24.9. The molecule has 22 nitrogen and oxygen atoms in total. The number of carboxylic acid groups (broad SMARTS) is 1. The van der Waals surface area contributed by atoms with E-state index in [1.54, 1.807) is 44.2 Å². The average Bonchev–Trinajstić information content (AvgIpc) is 3.68. The third-order valence-corrected chi connectivity index (χ3v) is 9.55. The molecule has 0 spiro atoms. The highest BCUT2D eigenvalue weighted by Gasteiger charge is 2.39. The van der Waals surface area contributed by atoms with E-state index in [9.17, 15) is 53.7 Å². The molecule has 1 heterocycles. The maximum Gasteiger partial charge on any atom is 0.328 e. The van der Waals surface area contributed by atoms with Crippen LogP contribution in [0.5, 0.6) is 0 Å². The van der Waals surface area contributed by atoms with Crippen LogP contribution in [0.25, 0.3) is 0 Å². The molecule has 0 aromatic heterocycles. The third-order valence-electron chi connectivity index (χ3n) is 9.55. The first-order valence-corrected chi connectivity index (χ1v) is 19.7. The number of aliphatic carboxylic acids is 1. The Kier molecular flexibility index (Phi) is 20.9. The van der Waals surface area contributed by atoms with Crippen LogP contribution < -0.4 is 49.5 Å². The van der Waals surface area contributed by atoms with Crippen molar-refractivity contribution < 1.29 is 53.7 Å². The molecule has 0 bridgehead atoms. The predicted molar refractivity (Wildman–Crippen MR) is 217 cm³/mol. The summed E-state index contributed by atoms with van der Waals surface area (Å²) in [6.07, 6.45) is -0.918. The molecule has 2 rings (SSSR count). The number of guanidine groups is 1. The van der Waals surface area contributed by atoms with Gasteiger partial charge in [0.25, 0.3) is 0 Å². The van der Waals surface area contributed by atoms with E-state index >= 15 is 0 Å². The zero-order valence-corrected chi connectivity index (χ0v) is 34.2. The molecular formula is C38H61N11O11. The van der Waals surface area contributed by atoms with Crippen LogP contribution in [0, 0.1) is 5.92 Å². The fraction of sp³-hybridized carbons (Fsp3) is 0.605. The lowest BCUT2D eigenvalue weighted by molar-refractivity contribution is -0.143. The number of aliphatic hydroxyl groups excluding tert-OH is 2. The highest BCUT2D eigenvalue weighted by atomic mass is 16.4. The molecule has 0 unspecified atom stereocenters. The van der Waals surface area contributed by atoms with Crippen molar-refractivity contribution in [3.63, 3.8) is 0 Å². The van der Waals surface area contributed by atoms with Gasteiger partial charge in [0.15, 0.2) is 5.96 Å². The van der Waals surface area contributed by atoms with Crippen molar-refractivity contribution >= 4 is 53.3 Å². The van der Waals surface area contributed by atoms with Crippen molar-refractivity contribution in [1.82, 2.24) is 31.5 Å². The van der Waals surface area contributed by atoms with Gasteiger partial charge in [-0.3, -0.25) is 38.6 Å². The molecule has 1 aromatic rings. The number of primary amides is 1. The van der Waals surface area contributed by atoms with Crippen LogP contribution in [0.1, 0.15) is 71.3 Å². The summed E-state index contributed by atoms with van der Waals surface area (Å²) in [6, 6.07) is -0.959. The van der Waals surface area contributed by atoms with Gasteiger partial charge in [-0.15, -0.1) is 0 Å². The molecule has 16 N–H and O–H groups in total. The van der Waals surface area contributed by atoms with Crippen LogP contribution in [0.4, 0.5) is 0 Å². The lowest BCUT2D eigenvalue weighted by Crippen LogP contribution is -2.62. The van der Waals surface area contributed by atoms with Crippen molar-refractivity contribution in [3.8, 4) is 0 Å². The van der Waals surface area contributed by atoms with Crippen LogP contribution in [0.2, 0.25) is 0 Å². The maximum absolute atomic E-state index is 14.1. The number of carbonyl (C=O) groups excluding carboxylic acids is 7. The van der Waals surface area contributed by atoms with Gasteiger partial charge in [0.1, 0.15) is 36.3 Å². The smallest absolute Gasteiger partial charge is 0.328 e. The fourth-order valence-electron chi connectivity index (χ4n) is 6.39. The number of carbonyl (C=O) groups is 8. The molecule has 1 saturated heterocycles. The van der Waals surface area contributed by atoms with E-state index < -0.39 is 102 Å². The Balaban J connectivity index is 2.39. The Morgan fingerprint density at radius 2 is 1.42 bits per heavy atom. The molecule has 0 aliphatic carbocycles. The van der Waals surface area contributed by atoms with Crippen LogP contribution in [-0.4, -0.2) is 142 Å². The van der Waals surface area contributed by atoms with Gasteiger partial charge in [0.05, 0.1) is 18.8 Å². The second-order valence-electron chi connectivity index (χ2n) is 15.1. The summed E-state index contributed by atoms with van der Waals surface area (Å²) >= 11 is 0. The van der Waals surface area contributed by atoms with Crippen molar-refractivity contribution in [2.75, 3.05) is 19.7 Å². The molecule has 1 aromatic carbocycles. The maximum atomic E-state index is 14.1. The topological polar surface area (TPSA) is 377 Å². The normalized spacial score (nSPS) is 17.1. The van der Waals surface area contributed by atoms with Gasteiger partial charge in [0, 0.05) is 25.9 Å². The number of amides is 7. The van der Waals surface area contributed by atoms with E-state index in [2.05, 4.69) is 31.6 Å². The van der Waals surface area contributed by atoms with Gasteiger partial charge in [-0.2, -0.15) is 0 Å². The summed E-state index contributed by atoms with van der Waals surface area (Å²) in [7, 11) is 0. The highest BCUT2D eigenvalue weighted by molar-refractivity contribution is 5.97. The number of benzene rings is 1. The Morgan fingerprint density at radius 3 is 1.98 bits per heavy atom. The van der Waals surface area contributed by atoms with Crippen molar-refractivity contribution in [1.29, 1.82) is 0 Å². The van der Waals surface area contributed by atoms with E-state index in [4.69, 9.17) is 22.9 Å². The largest absolute Gasteiger partial charge is 0.480 e. The van der Waals surface area contributed by atoms with Crippen LogP contribution in [0.15, 0.2) is 35.3 Å². The lowest BCUT2D eigenvalue weighted by Gasteiger charge is -2.29. The predicted octanol–water partition coefficient (Wildman–Crippen LogP) is -4.21. The number of likely N-dealkylation sites (tertiary alicyclic amines) is 1. The number of hydrogen-bond donors (Lipinski definition) is 12. The molecule has 7 amide bonds. The molecule has 1 aliphatic heterocycles. The van der Waals surface area contributed by atoms with Gasteiger partial charge in [-0.25, -0.2) is 4.79 Å². The SMILES string of the molecule is CC(C)C[C@H](NC(=O)[C@@H](NC(=O)[C@H](Cc1ccccc1)NC(=O)[C@H](CCCN=C(N)N)NC(=O)[C@@H]1CCCN1C(=O)[C@@H](N)CCC(N)=O)[C@@H](C)O)C(=O)N[C@@H](CO)C(=O)O. The van der Waals surface area contributed by atoms with Gasteiger partial charge < -0.3 is 69.7 Å². The lowest BCUT2D eigenvalue weighted by atomic mass is 10.0. The number of nitrogens with two attached hydrogens (primary N) is 4. The molecule has 0 saturated carbocycles. The minimum Gasteiger partial charge on any atom is -0.480 e. The quantitative estimate of drug-likeness (QED) is 0.0252. The van der Waals surface area contributed by atoms with Crippen molar-refractivity contribution in [2.24, 2.45) is 33.8 Å². The van der Waals surface area contributed by atoms with Crippen molar-refractivity contribution in [3.05, 3.63) is 35.9 Å². The van der Waals surface area contributed by atoms with Crippen LogP contribution >= 0.6 is 0 Å². The summed E-state index contributed by atoms with van der Waals surface area (Å²) in [6.45, 7) is 4.05. The minimum atomic E-state index is -1.68. The highest BCUT2D eigenvalue weighted by Crippen LogP contribution is 2.20.